The molecule has 0 spiro atoms. The standard InChI is InChI=1S/C16H18Cl2N2OS/c1-21-13-3-2-11(17)10-12(13)16(14-4-5-15(18)22-14)20-8-6-19-7-9-20/h2-5,10,16,19H,6-9H2,1H3. The van der Waals surface area contributed by atoms with Gasteiger partial charge in [-0.2, -0.15) is 0 Å². The fraction of sp³-hybridized carbons (Fsp3) is 0.375. The molecule has 0 amide bonds. The highest BCUT2D eigenvalue weighted by Crippen LogP contribution is 2.40. The van der Waals surface area contributed by atoms with Gasteiger partial charge in [0.1, 0.15) is 5.75 Å². The van der Waals surface area contributed by atoms with Crippen LogP contribution in [0.4, 0.5) is 0 Å². The van der Waals surface area contributed by atoms with Crippen molar-refractivity contribution in [3.63, 3.8) is 0 Å². The van der Waals surface area contributed by atoms with Crippen molar-refractivity contribution in [3.8, 4) is 5.75 Å². The van der Waals surface area contributed by atoms with Crippen molar-refractivity contribution in [3.05, 3.63) is 50.1 Å². The monoisotopic (exact) mass is 356 g/mol. The first-order valence-corrected chi connectivity index (χ1v) is 8.79. The van der Waals surface area contributed by atoms with Crippen molar-refractivity contribution in [2.45, 2.75) is 6.04 Å². The molecule has 0 saturated carbocycles. The first-order valence-electron chi connectivity index (χ1n) is 7.22. The van der Waals surface area contributed by atoms with Crippen molar-refractivity contribution in [1.29, 1.82) is 0 Å². The summed E-state index contributed by atoms with van der Waals surface area (Å²) in [5.74, 6) is 0.859. The first-order chi connectivity index (χ1) is 10.7. The van der Waals surface area contributed by atoms with Crippen LogP contribution in [0.1, 0.15) is 16.5 Å². The summed E-state index contributed by atoms with van der Waals surface area (Å²) in [7, 11) is 1.70. The zero-order chi connectivity index (χ0) is 15.5. The zero-order valence-electron chi connectivity index (χ0n) is 12.3. The van der Waals surface area contributed by atoms with Gasteiger partial charge in [0.25, 0.3) is 0 Å². The van der Waals surface area contributed by atoms with Crippen molar-refractivity contribution in [2.75, 3.05) is 33.3 Å². The van der Waals surface area contributed by atoms with E-state index in [9.17, 15) is 0 Å². The molecule has 1 atom stereocenters. The average molecular weight is 357 g/mol. The minimum absolute atomic E-state index is 0.119. The smallest absolute Gasteiger partial charge is 0.124 e. The minimum atomic E-state index is 0.119. The molecular weight excluding hydrogens is 339 g/mol. The van der Waals surface area contributed by atoms with Gasteiger partial charge in [0, 0.05) is 41.6 Å². The molecule has 118 valence electrons. The lowest BCUT2D eigenvalue weighted by Gasteiger charge is -2.35. The van der Waals surface area contributed by atoms with Crippen LogP contribution < -0.4 is 10.1 Å². The number of ether oxygens (including phenoxy) is 1. The molecule has 0 aliphatic carbocycles. The predicted molar refractivity (Wildman–Crippen MR) is 93.6 cm³/mol. The van der Waals surface area contributed by atoms with Crippen LogP contribution in [-0.2, 0) is 0 Å². The third-order valence-corrected chi connectivity index (χ3v) is 5.39. The Morgan fingerprint density at radius 3 is 2.59 bits per heavy atom. The van der Waals surface area contributed by atoms with Gasteiger partial charge in [-0.1, -0.05) is 23.2 Å². The van der Waals surface area contributed by atoms with E-state index in [-0.39, 0.29) is 6.04 Å². The fourth-order valence-electron chi connectivity index (χ4n) is 2.86. The van der Waals surface area contributed by atoms with Crippen LogP contribution in [0.25, 0.3) is 0 Å². The van der Waals surface area contributed by atoms with E-state index in [1.54, 1.807) is 18.4 Å². The van der Waals surface area contributed by atoms with Gasteiger partial charge in [-0.25, -0.2) is 0 Å². The Morgan fingerprint density at radius 2 is 1.95 bits per heavy atom. The number of hydrogen-bond donors (Lipinski definition) is 1. The van der Waals surface area contributed by atoms with Crippen LogP contribution >= 0.6 is 34.5 Å². The van der Waals surface area contributed by atoms with Gasteiger partial charge in [0.15, 0.2) is 0 Å². The average Bonchev–Trinajstić information content (AvgIpc) is 2.95. The molecule has 2 aromatic rings. The molecule has 1 unspecified atom stereocenters. The second-order valence-electron chi connectivity index (χ2n) is 5.22. The lowest BCUT2D eigenvalue weighted by Crippen LogP contribution is -2.45. The Hall–Kier alpha value is -0.780. The normalized spacial score (nSPS) is 17.4. The number of nitrogens with zero attached hydrogens (tertiary/aromatic N) is 1. The molecule has 1 N–H and O–H groups in total. The Balaban J connectivity index is 2.06. The lowest BCUT2D eigenvalue weighted by atomic mass is 10.0. The largest absolute Gasteiger partial charge is 0.496 e. The summed E-state index contributed by atoms with van der Waals surface area (Å²) >= 11 is 14.0. The zero-order valence-corrected chi connectivity index (χ0v) is 14.6. The van der Waals surface area contributed by atoms with Crippen LogP contribution in [0, 0.1) is 0 Å². The van der Waals surface area contributed by atoms with Gasteiger partial charge in [-0.15, -0.1) is 11.3 Å². The number of rotatable bonds is 4. The van der Waals surface area contributed by atoms with Crippen LogP contribution in [0.15, 0.2) is 30.3 Å². The summed E-state index contributed by atoms with van der Waals surface area (Å²) < 4.78 is 6.37. The van der Waals surface area contributed by atoms with E-state index >= 15 is 0 Å². The highest BCUT2D eigenvalue weighted by Gasteiger charge is 2.28. The maximum Gasteiger partial charge on any atom is 0.124 e. The van der Waals surface area contributed by atoms with Gasteiger partial charge < -0.3 is 10.1 Å². The molecule has 2 heterocycles. The van der Waals surface area contributed by atoms with Crippen LogP contribution in [0.3, 0.4) is 0 Å². The number of hydrogen-bond acceptors (Lipinski definition) is 4. The van der Waals surface area contributed by atoms with E-state index in [0.717, 1.165) is 46.9 Å². The maximum atomic E-state index is 6.24. The van der Waals surface area contributed by atoms with E-state index in [2.05, 4.69) is 16.3 Å². The molecule has 1 aromatic heterocycles. The molecule has 1 aliphatic rings. The molecule has 0 bridgehead atoms. The van der Waals surface area contributed by atoms with E-state index in [1.807, 2.05) is 24.3 Å². The van der Waals surface area contributed by atoms with Gasteiger partial charge in [0.05, 0.1) is 17.5 Å². The topological polar surface area (TPSA) is 24.5 Å². The molecule has 3 nitrogen and oxygen atoms in total. The third-order valence-electron chi connectivity index (χ3n) is 3.87. The van der Waals surface area contributed by atoms with Gasteiger partial charge in [-0.3, -0.25) is 4.90 Å². The Bertz CT molecular complexity index is 641. The van der Waals surface area contributed by atoms with Crippen molar-refractivity contribution in [2.24, 2.45) is 0 Å². The highest BCUT2D eigenvalue weighted by molar-refractivity contribution is 7.16. The summed E-state index contributed by atoms with van der Waals surface area (Å²) in [6, 6.07) is 9.96. The second-order valence-corrected chi connectivity index (χ2v) is 7.40. The van der Waals surface area contributed by atoms with Crippen LogP contribution in [0.5, 0.6) is 5.75 Å². The van der Waals surface area contributed by atoms with Crippen LogP contribution in [0.2, 0.25) is 9.36 Å². The molecule has 3 rings (SSSR count). The molecule has 22 heavy (non-hydrogen) atoms. The number of piperazine rings is 1. The Kier molecular flexibility index (Phi) is 5.26. The van der Waals surface area contributed by atoms with Gasteiger partial charge in [-0.05, 0) is 30.3 Å². The lowest BCUT2D eigenvalue weighted by molar-refractivity contribution is 0.197. The quantitative estimate of drug-likeness (QED) is 0.893. The molecule has 1 aromatic carbocycles. The minimum Gasteiger partial charge on any atom is -0.496 e. The fourth-order valence-corrected chi connectivity index (χ4v) is 4.26. The predicted octanol–water partition coefficient (Wildman–Crippen LogP) is 4.06. The highest BCUT2D eigenvalue weighted by atomic mass is 35.5. The molecule has 1 saturated heterocycles. The van der Waals surface area contributed by atoms with E-state index < -0.39 is 0 Å². The summed E-state index contributed by atoms with van der Waals surface area (Å²) in [4.78, 5) is 3.67. The molecule has 6 heteroatoms. The van der Waals surface area contributed by atoms with Gasteiger partial charge >= 0.3 is 0 Å². The summed E-state index contributed by atoms with van der Waals surface area (Å²) in [6.07, 6.45) is 0. The number of methoxy groups -OCH3 is 1. The van der Waals surface area contributed by atoms with Crippen LogP contribution in [-0.4, -0.2) is 38.2 Å². The Labute approximate surface area is 144 Å². The van der Waals surface area contributed by atoms with E-state index in [1.165, 1.54) is 4.88 Å². The van der Waals surface area contributed by atoms with Crippen molar-refractivity contribution >= 4 is 34.5 Å². The molecule has 1 fully saturated rings. The van der Waals surface area contributed by atoms with Gasteiger partial charge in [0.2, 0.25) is 0 Å². The Morgan fingerprint density at radius 1 is 1.18 bits per heavy atom. The number of halogens is 2. The van der Waals surface area contributed by atoms with E-state index in [4.69, 9.17) is 27.9 Å². The summed E-state index contributed by atoms with van der Waals surface area (Å²) in [5.41, 5.74) is 1.09. The summed E-state index contributed by atoms with van der Waals surface area (Å²) in [6.45, 7) is 3.93. The third kappa shape index (κ3) is 3.42. The molecule has 0 radical (unpaired) electrons. The first kappa shape index (κ1) is 16.1. The SMILES string of the molecule is COc1ccc(Cl)cc1C(c1ccc(Cl)s1)N1CCNCC1. The van der Waals surface area contributed by atoms with Crippen molar-refractivity contribution in [1.82, 2.24) is 10.2 Å². The summed E-state index contributed by atoms with van der Waals surface area (Å²) in [5, 5.41) is 4.12. The van der Waals surface area contributed by atoms with Crippen molar-refractivity contribution < 1.29 is 4.74 Å². The molecule has 1 aliphatic heterocycles. The maximum absolute atomic E-state index is 6.24. The number of thiophene rings is 1. The number of nitrogens with one attached hydrogen (secondary N) is 1. The number of benzene rings is 1. The van der Waals surface area contributed by atoms with E-state index in [0.29, 0.717) is 0 Å². The second kappa shape index (κ2) is 7.20. The molecular formula is C16H18Cl2N2OS.